The first-order valence-electron chi connectivity index (χ1n) is 21.2. The van der Waals surface area contributed by atoms with Crippen molar-refractivity contribution in [2.45, 2.75) is 19.3 Å². The van der Waals surface area contributed by atoms with Gasteiger partial charge in [-0.3, -0.25) is 0 Å². The minimum atomic E-state index is -0.131. The Labute approximate surface area is 358 Å². The molecular weight excluding hydrogens is 737 g/mol. The van der Waals surface area contributed by atoms with Gasteiger partial charge in [0.15, 0.2) is 0 Å². The Hall–Kier alpha value is -7.68. The molecule has 0 spiro atoms. The van der Waals surface area contributed by atoms with Crippen LogP contribution in [-0.4, -0.2) is 0 Å². The van der Waals surface area contributed by atoms with Crippen molar-refractivity contribution in [3.8, 4) is 33.4 Å². The molecule has 290 valence electrons. The molecule has 0 heterocycles. The van der Waals surface area contributed by atoms with E-state index in [0.29, 0.717) is 0 Å². The van der Waals surface area contributed by atoms with Gasteiger partial charge in [-0.1, -0.05) is 178 Å². The number of hydrogen-bond acceptors (Lipinski definition) is 2. The maximum atomic E-state index is 2.41. The normalized spacial score (nSPS) is 12.6. The number of hydrogen-bond donors (Lipinski definition) is 0. The van der Waals surface area contributed by atoms with E-state index < -0.39 is 0 Å². The molecule has 2 heteroatoms. The number of anilines is 6. The lowest BCUT2D eigenvalue weighted by Gasteiger charge is -2.36. The van der Waals surface area contributed by atoms with E-state index in [1.165, 1.54) is 66.1 Å². The molecule has 0 saturated carbocycles. The second-order valence-corrected chi connectivity index (χ2v) is 16.6. The van der Waals surface area contributed by atoms with Crippen molar-refractivity contribution in [2.75, 3.05) is 9.80 Å². The number of benzene rings is 10. The molecule has 10 aromatic carbocycles. The summed E-state index contributed by atoms with van der Waals surface area (Å²) in [5, 5.41) is 5.09. The zero-order chi connectivity index (χ0) is 40.9. The molecule has 0 atom stereocenters. The van der Waals surface area contributed by atoms with Crippen LogP contribution in [0, 0.1) is 0 Å². The molecule has 0 aliphatic heterocycles. The van der Waals surface area contributed by atoms with Crippen molar-refractivity contribution in [1.29, 1.82) is 0 Å². The summed E-state index contributed by atoms with van der Waals surface area (Å²) in [4.78, 5) is 4.76. The number of fused-ring (bicyclic) bond motifs is 3. The molecule has 61 heavy (non-hydrogen) atoms. The van der Waals surface area contributed by atoms with E-state index in [1.54, 1.807) is 0 Å². The van der Waals surface area contributed by atoms with Crippen LogP contribution in [0.15, 0.2) is 231 Å². The number of nitrogens with zero attached hydrogens (tertiary/aromatic N) is 2. The van der Waals surface area contributed by atoms with E-state index in [9.17, 15) is 0 Å². The summed E-state index contributed by atoms with van der Waals surface area (Å²) >= 11 is 0. The first-order valence-corrected chi connectivity index (χ1v) is 21.2. The van der Waals surface area contributed by atoms with Gasteiger partial charge in [-0.25, -0.2) is 0 Å². The quantitative estimate of drug-likeness (QED) is 0.152. The minimum Gasteiger partial charge on any atom is -0.310 e. The molecule has 0 fully saturated rings. The summed E-state index contributed by atoms with van der Waals surface area (Å²) in [6.07, 6.45) is 0. The van der Waals surface area contributed by atoms with Gasteiger partial charge < -0.3 is 9.80 Å². The monoisotopic (exact) mass is 780 g/mol. The fourth-order valence-electron chi connectivity index (χ4n) is 9.56. The second kappa shape index (κ2) is 14.9. The van der Waals surface area contributed by atoms with Gasteiger partial charge in [0.05, 0.1) is 5.69 Å². The topological polar surface area (TPSA) is 6.48 Å². The average molecular weight is 781 g/mol. The summed E-state index contributed by atoms with van der Waals surface area (Å²) in [5.74, 6) is 0. The lowest BCUT2D eigenvalue weighted by Crippen LogP contribution is -2.24. The fourth-order valence-corrected chi connectivity index (χ4v) is 9.56. The first-order chi connectivity index (χ1) is 30.0. The molecule has 1 aliphatic rings. The highest BCUT2D eigenvalue weighted by atomic mass is 15.1. The zero-order valence-electron chi connectivity index (χ0n) is 34.3. The van der Waals surface area contributed by atoms with Crippen LogP contribution in [0.25, 0.3) is 54.9 Å². The van der Waals surface area contributed by atoms with Gasteiger partial charge in [0.25, 0.3) is 0 Å². The van der Waals surface area contributed by atoms with Crippen molar-refractivity contribution in [3.63, 3.8) is 0 Å². The molecule has 0 unspecified atom stereocenters. The van der Waals surface area contributed by atoms with Gasteiger partial charge in [0, 0.05) is 39.2 Å². The second-order valence-electron chi connectivity index (χ2n) is 16.6. The van der Waals surface area contributed by atoms with Crippen molar-refractivity contribution in [3.05, 3.63) is 242 Å². The van der Waals surface area contributed by atoms with Gasteiger partial charge in [-0.2, -0.15) is 0 Å². The van der Waals surface area contributed by atoms with Crippen LogP contribution in [0.4, 0.5) is 34.1 Å². The molecule has 0 radical (unpaired) electrons. The van der Waals surface area contributed by atoms with Gasteiger partial charge in [0.1, 0.15) is 0 Å². The molecule has 1 aliphatic carbocycles. The Morgan fingerprint density at radius 1 is 0.311 bits per heavy atom. The lowest BCUT2D eigenvalue weighted by molar-refractivity contribution is 0.645. The van der Waals surface area contributed by atoms with Crippen molar-refractivity contribution in [2.24, 2.45) is 0 Å². The van der Waals surface area contributed by atoms with E-state index in [2.05, 4.69) is 254 Å². The smallest absolute Gasteiger partial charge is 0.0540 e. The summed E-state index contributed by atoms with van der Waals surface area (Å²) in [6, 6.07) is 84.0. The van der Waals surface area contributed by atoms with E-state index in [0.717, 1.165) is 34.1 Å². The molecule has 0 amide bonds. The summed E-state index contributed by atoms with van der Waals surface area (Å²) in [7, 11) is 0. The standard InChI is InChI=1S/C59H44N2/c1-59(2)55-39-38-51(40-54(55)53-23-11-18-46-19-12-24-56(59)58(46)53)60(48-32-26-42(27-33-48)41-14-5-3-6-15-41)49-34-28-43(29-35-49)44-30-36-50(37-31-44)61(47-20-7-4-8-21-47)57-25-13-17-45-16-9-10-22-52(45)57/h3-40H,1-2H3. The Kier molecular flexibility index (Phi) is 8.86. The third-order valence-electron chi connectivity index (χ3n) is 12.6. The molecule has 10 aromatic rings. The van der Waals surface area contributed by atoms with E-state index >= 15 is 0 Å². The third-order valence-corrected chi connectivity index (χ3v) is 12.6. The number of para-hydroxylation sites is 1. The largest absolute Gasteiger partial charge is 0.310 e. The van der Waals surface area contributed by atoms with Crippen LogP contribution in [0.2, 0.25) is 0 Å². The average Bonchev–Trinajstić information content (AvgIpc) is 3.32. The van der Waals surface area contributed by atoms with E-state index in [4.69, 9.17) is 0 Å². The summed E-state index contributed by atoms with van der Waals surface area (Å²) in [5.41, 5.74) is 16.7. The number of rotatable bonds is 8. The molecular formula is C59H44N2. The summed E-state index contributed by atoms with van der Waals surface area (Å²) < 4.78 is 0. The van der Waals surface area contributed by atoms with Crippen LogP contribution in [-0.2, 0) is 5.41 Å². The molecule has 0 N–H and O–H groups in total. The predicted molar refractivity (Wildman–Crippen MR) is 259 cm³/mol. The van der Waals surface area contributed by atoms with Crippen molar-refractivity contribution in [1.82, 2.24) is 0 Å². The van der Waals surface area contributed by atoms with Crippen LogP contribution in [0.1, 0.15) is 25.0 Å². The van der Waals surface area contributed by atoms with Crippen LogP contribution in [0.3, 0.4) is 0 Å². The van der Waals surface area contributed by atoms with E-state index in [-0.39, 0.29) is 5.41 Å². The Bertz CT molecular complexity index is 3170. The van der Waals surface area contributed by atoms with Crippen LogP contribution < -0.4 is 9.80 Å². The zero-order valence-corrected chi connectivity index (χ0v) is 34.3. The predicted octanol–water partition coefficient (Wildman–Crippen LogP) is 16.6. The van der Waals surface area contributed by atoms with Gasteiger partial charge in [-0.05, 0) is 127 Å². The Morgan fingerprint density at radius 2 is 0.787 bits per heavy atom. The van der Waals surface area contributed by atoms with Crippen LogP contribution >= 0.6 is 0 Å². The Balaban J connectivity index is 0.982. The third kappa shape index (κ3) is 6.36. The summed E-state index contributed by atoms with van der Waals surface area (Å²) in [6.45, 7) is 4.73. The highest BCUT2D eigenvalue weighted by Crippen LogP contribution is 2.50. The molecule has 0 saturated heterocycles. The van der Waals surface area contributed by atoms with Gasteiger partial charge in [0.2, 0.25) is 0 Å². The molecule has 0 aromatic heterocycles. The molecule has 0 bridgehead atoms. The highest BCUT2D eigenvalue weighted by molar-refractivity contribution is 6.04. The maximum absolute atomic E-state index is 2.41. The maximum Gasteiger partial charge on any atom is 0.0540 e. The molecule has 11 rings (SSSR count). The minimum absolute atomic E-state index is 0.131. The van der Waals surface area contributed by atoms with Crippen molar-refractivity contribution >= 4 is 55.7 Å². The highest BCUT2D eigenvalue weighted by Gasteiger charge is 2.34. The van der Waals surface area contributed by atoms with Gasteiger partial charge in [-0.15, -0.1) is 0 Å². The van der Waals surface area contributed by atoms with Gasteiger partial charge >= 0.3 is 0 Å². The first kappa shape index (κ1) is 36.4. The molecule has 2 nitrogen and oxygen atoms in total. The SMILES string of the molecule is CC1(C)c2ccc(N(c3ccc(-c4ccccc4)cc3)c3ccc(-c4ccc(N(c5ccccc5)c5cccc6ccccc56)cc4)cc3)cc2-c2cccc3cccc1c23. The van der Waals surface area contributed by atoms with Crippen LogP contribution in [0.5, 0.6) is 0 Å². The van der Waals surface area contributed by atoms with E-state index in [1.807, 2.05) is 0 Å². The van der Waals surface area contributed by atoms with Crippen molar-refractivity contribution < 1.29 is 0 Å². The lowest BCUT2D eigenvalue weighted by atomic mass is 9.68. The Morgan fingerprint density at radius 3 is 1.44 bits per heavy atom. The fraction of sp³-hybridized carbons (Fsp3) is 0.0508.